The van der Waals surface area contributed by atoms with Crippen molar-refractivity contribution in [2.75, 3.05) is 6.54 Å². The maximum atomic E-state index is 13.4. The summed E-state index contributed by atoms with van der Waals surface area (Å²) in [5, 5.41) is 3.44. The Morgan fingerprint density at radius 3 is 3.06 bits per heavy atom. The van der Waals surface area contributed by atoms with Crippen molar-refractivity contribution in [1.29, 1.82) is 0 Å². The molecule has 1 aromatic heterocycles. The zero-order valence-corrected chi connectivity index (χ0v) is 10.2. The molecule has 0 aliphatic carbocycles. The molecule has 1 N–H and O–H groups in total. The molecular weight excluding hydrogens is 231 g/mol. The lowest BCUT2D eigenvalue weighted by molar-refractivity contribution is 0.0953. The van der Waals surface area contributed by atoms with Crippen molar-refractivity contribution in [3.05, 3.63) is 41.8 Å². The van der Waals surface area contributed by atoms with Gasteiger partial charge in [-0.25, -0.2) is 4.39 Å². The van der Waals surface area contributed by atoms with E-state index < -0.39 is 0 Å². The van der Waals surface area contributed by atoms with Gasteiger partial charge in [0, 0.05) is 18.1 Å². The molecule has 2 aromatic rings. The third kappa shape index (κ3) is 2.64. The van der Waals surface area contributed by atoms with Gasteiger partial charge in [-0.1, -0.05) is 25.5 Å². The van der Waals surface area contributed by atoms with Crippen LogP contribution in [0, 0.1) is 5.82 Å². The Morgan fingerprint density at radius 1 is 1.44 bits per heavy atom. The fourth-order valence-electron chi connectivity index (χ4n) is 1.73. The number of aromatic nitrogens is 1. The lowest BCUT2D eigenvalue weighted by Gasteiger charge is -2.05. The molecule has 1 heterocycles. The van der Waals surface area contributed by atoms with E-state index >= 15 is 0 Å². The zero-order valence-electron chi connectivity index (χ0n) is 10.2. The highest BCUT2D eigenvalue weighted by molar-refractivity contribution is 5.97. The molecule has 0 fully saturated rings. The number of pyridine rings is 1. The minimum absolute atomic E-state index is 0.165. The lowest BCUT2D eigenvalue weighted by Crippen LogP contribution is -2.24. The van der Waals surface area contributed by atoms with Gasteiger partial charge in [-0.3, -0.25) is 9.78 Å². The number of benzene rings is 1. The van der Waals surface area contributed by atoms with E-state index in [4.69, 9.17) is 0 Å². The Balaban J connectivity index is 2.22. The fourth-order valence-corrected chi connectivity index (χ4v) is 1.73. The largest absolute Gasteiger partial charge is 0.352 e. The molecule has 0 bridgehead atoms. The van der Waals surface area contributed by atoms with Gasteiger partial charge in [-0.05, 0) is 18.6 Å². The van der Waals surface area contributed by atoms with Gasteiger partial charge in [0.1, 0.15) is 11.3 Å². The number of nitrogens with one attached hydrogen (secondary N) is 1. The normalized spacial score (nSPS) is 10.6. The number of hydrogen-bond acceptors (Lipinski definition) is 2. The van der Waals surface area contributed by atoms with Crippen LogP contribution in [0.2, 0.25) is 0 Å². The van der Waals surface area contributed by atoms with Gasteiger partial charge in [0.15, 0.2) is 0 Å². The van der Waals surface area contributed by atoms with Crippen molar-refractivity contribution < 1.29 is 9.18 Å². The average Bonchev–Trinajstić information content (AvgIpc) is 2.39. The topological polar surface area (TPSA) is 42.0 Å². The summed E-state index contributed by atoms with van der Waals surface area (Å²) >= 11 is 0. The standard InChI is InChI=1S/C14H15FN2O/c1-2-3-7-16-14(18)11-8-10-5-4-6-12(15)13(10)17-9-11/h4-6,8-9H,2-3,7H2,1H3,(H,16,18). The molecule has 1 amide bonds. The molecule has 0 aliphatic heterocycles. The van der Waals surface area contributed by atoms with Crippen LogP contribution in [0.4, 0.5) is 4.39 Å². The first-order valence-corrected chi connectivity index (χ1v) is 6.05. The summed E-state index contributed by atoms with van der Waals surface area (Å²) < 4.78 is 13.4. The molecule has 0 saturated heterocycles. The minimum atomic E-state index is -0.370. The van der Waals surface area contributed by atoms with E-state index in [1.54, 1.807) is 18.2 Å². The van der Waals surface area contributed by atoms with Crippen molar-refractivity contribution in [1.82, 2.24) is 10.3 Å². The van der Waals surface area contributed by atoms with Gasteiger partial charge in [0.25, 0.3) is 5.91 Å². The quantitative estimate of drug-likeness (QED) is 0.843. The molecule has 0 atom stereocenters. The van der Waals surface area contributed by atoms with Crippen molar-refractivity contribution in [2.24, 2.45) is 0 Å². The van der Waals surface area contributed by atoms with Crippen LogP contribution in [0.1, 0.15) is 30.1 Å². The van der Waals surface area contributed by atoms with Gasteiger partial charge in [-0.15, -0.1) is 0 Å². The number of nitrogens with zero attached hydrogens (tertiary/aromatic N) is 1. The van der Waals surface area contributed by atoms with Gasteiger partial charge in [0.05, 0.1) is 5.56 Å². The summed E-state index contributed by atoms with van der Waals surface area (Å²) in [6.45, 7) is 2.71. The second-order valence-electron chi connectivity index (χ2n) is 4.15. The Kier molecular flexibility index (Phi) is 3.87. The van der Waals surface area contributed by atoms with Crippen molar-refractivity contribution >= 4 is 16.8 Å². The fraction of sp³-hybridized carbons (Fsp3) is 0.286. The maximum absolute atomic E-state index is 13.4. The maximum Gasteiger partial charge on any atom is 0.252 e. The first-order chi connectivity index (χ1) is 8.72. The van der Waals surface area contributed by atoms with Crippen LogP contribution in [0.5, 0.6) is 0 Å². The molecule has 0 spiro atoms. The SMILES string of the molecule is CCCCNC(=O)c1cnc2c(F)cccc2c1. The highest BCUT2D eigenvalue weighted by Crippen LogP contribution is 2.16. The number of unbranched alkanes of at least 4 members (excludes halogenated alkanes) is 1. The first kappa shape index (κ1) is 12.5. The monoisotopic (exact) mass is 246 g/mol. The van der Waals surface area contributed by atoms with Crippen LogP contribution >= 0.6 is 0 Å². The number of halogens is 1. The summed E-state index contributed by atoms with van der Waals surface area (Å²) in [7, 11) is 0. The molecule has 4 heteroatoms. The van der Waals surface area contributed by atoms with Gasteiger partial charge in [0.2, 0.25) is 0 Å². The average molecular weight is 246 g/mol. The molecule has 0 saturated carbocycles. The molecule has 0 unspecified atom stereocenters. The molecular formula is C14H15FN2O. The van der Waals surface area contributed by atoms with E-state index in [1.165, 1.54) is 12.3 Å². The third-order valence-electron chi connectivity index (χ3n) is 2.74. The zero-order chi connectivity index (χ0) is 13.0. The van der Waals surface area contributed by atoms with Gasteiger partial charge < -0.3 is 5.32 Å². The second-order valence-corrected chi connectivity index (χ2v) is 4.15. The molecule has 18 heavy (non-hydrogen) atoms. The lowest BCUT2D eigenvalue weighted by atomic mass is 10.1. The van der Waals surface area contributed by atoms with Gasteiger partial charge >= 0.3 is 0 Å². The van der Waals surface area contributed by atoms with Crippen molar-refractivity contribution in [2.45, 2.75) is 19.8 Å². The highest BCUT2D eigenvalue weighted by Gasteiger charge is 2.08. The summed E-state index contributed by atoms with van der Waals surface area (Å²) in [5.74, 6) is -0.535. The van der Waals surface area contributed by atoms with E-state index in [-0.39, 0.29) is 11.7 Å². The predicted molar refractivity (Wildman–Crippen MR) is 68.9 cm³/mol. The van der Waals surface area contributed by atoms with E-state index in [9.17, 15) is 9.18 Å². The highest BCUT2D eigenvalue weighted by atomic mass is 19.1. The number of fused-ring (bicyclic) bond motifs is 1. The summed E-state index contributed by atoms with van der Waals surface area (Å²) in [5.41, 5.74) is 0.756. The Hall–Kier alpha value is -1.97. The number of carbonyl (C=O) groups excluding carboxylic acids is 1. The van der Waals surface area contributed by atoms with E-state index in [0.29, 0.717) is 23.0 Å². The minimum Gasteiger partial charge on any atom is -0.352 e. The summed E-state index contributed by atoms with van der Waals surface area (Å²) in [6, 6.07) is 6.37. The van der Waals surface area contributed by atoms with Crippen molar-refractivity contribution in [3.63, 3.8) is 0 Å². The van der Waals surface area contributed by atoms with E-state index in [2.05, 4.69) is 17.2 Å². The number of hydrogen-bond donors (Lipinski definition) is 1. The van der Waals surface area contributed by atoms with E-state index in [0.717, 1.165) is 12.8 Å². The van der Waals surface area contributed by atoms with Crippen LogP contribution < -0.4 is 5.32 Å². The number of para-hydroxylation sites is 1. The molecule has 3 nitrogen and oxygen atoms in total. The second kappa shape index (κ2) is 5.58. The van der Waals surface area contributed by atoms with Gasteiger partial charge in [-0.2, -0.15) is 0 Å². The Morgan fingerprint density at radius 2 is 2.28 bits per heavy atom. The first-order valence-electron chi connectivity index (χ1n) is 6.05. The predicted octanol–water partition coefficient (Wildman–Crippen LogP) is 2.90. The summed E-state index contributed by atoms with van der Waals surface area (Å²) in [6.07, 6.45) is 3.38. The molecule has 1 aromatic carbocycles. The molecule has 0 aliphatic rings. The third-order valence-corrected chi connectivity index (χ3v) is 2.74. The number of rotatable bonds is 4. The van der Waals surface area contributed by atoms with Crippen LogP contribution in [0.25, 0.3) is 10.9 Å². The number of carbonyl (C=O) groups is 1. The van der Waals surface area contributed by atoms with Crippen LogP contribution in [-0.4, -0.2) is 17.4 Å². The van der Waals surface area contributed by atoms with Crippen LogP contribution in [0.3, 0.4) is 0 Å². The Labute approximate surface area is 105 Å². The number of amides is 1. The molecule has 94 valence electrons. The van der Waals surface area contributed by atoms with E-state index in [1.807, 2.05) is 0 Å². The molecule has 2 rings (SSSR count). The van der Waals surface area contributed by atoms with Crippen molar-refractivity contribution in [3.8, 4) is 0 Å². The smallest absolute Gasteiger partial charge is 0.252 e. The summed E-state index contributed by atoms with van der Waals surface area (Å²) in [4.78, 5) is 15.8. The van der Waals surface area contributed by atoms with Crippen LogP contribution in [0.15, 0.2) is 30.5 Å². The molecule has 0 radical (unpaired) electrons. The Bertz CT molecular complexity index is 569. The van der Waals surface area contributed by atoms with Crippen LogP contribution in [-0.2, 0) is 0 Å².